The zero-order valence-corrected chi connectivity index (χ0v) is 20.0. The van der Waals surface area contributed by atoms with Gasteiger partial charge in [0, 0.05) is 17.2 Å². The van der Waals surface area contributed by atoms with Crippen LogP contribution in [-0.4, -0.2) is 36.0 Å². The van der Waals surface area contributed by atoms with Crippen LogP contribution in [0.1, 0.15) is 56.9 Å². The number of benzene rings is 1. The lowest BCUT2D eigenvalue weighted by molar-refractivity contribution is -0.140. The highest BCUT2D eigenvalue weighted by molar-refractivity contribution is 6.48. The molecule has 0 saturated carbocycles. The van der Waals surface area contributed by atoms with Crippen molar-refractivity contribution in [1.82, 2.24) is 4.57 Å². The monoisotopic (exact) mass is 451 g/mol. The Morgan fingerprint density at radius 2 is 1.77 bits per heavy atom. The molecule has 0 aliphatic carbocycles. The number of aromatic nitrogens is 1. The molecular formula is C22H28BCl2NO4. The van der Waals surface area contributed by atoms with Gasteiger partial charge in [0.05, 0.1) is 40.5 Å². The van der Waals surface area contributed by atoms with E-state index < -0.39 is 18.3 Å². The maximum atomic E-state index is 12.3. The molecule has 1 unspecified atom stereocenters. The number of nitrogens with zero attached hydrogens (tertiary/aromatic N) is 1. The lowest BCUT2D eigenvalue weighted by atomic mass is 9.66. The van der Waals surface area contributed by atoms with Crippen LogP contribution >= 0.6 is 23.2 Å². The zero-order chi connectivity index (χ0) is 22.4. The van der Waals surface area contributed by atoms with Gasteiger partial charge in [0.2, 0.25) is 0 Å². The number of hydrogen-bond acceptors (Lipinski definition) is 4. The van der Waals surface area contributed by atoms with E-state index in [1.54, 1.807) is 6.07 Å². The third kappa shape index (κ3) is 4.03. The summed E-state index contributed by atoms with van der Waals surface area (Å²) >= 11 is 12.7. The van der Waals surface area contributed by atoms with Gasteiger partial charge in [0.1, 0.15) is 0 Å². The van der Waals surface area contributed by atoms with E-state index in [1.807, 2.05) is 64.3 Å². The van der Waals surface area contributed by atoms with Crippen molar-refractivity contribution in [2.24, 2.45) is 0 Å². The number of carbonyl (C=O) groups is 1. The van der Waals surface area contributed by atoms with Gasteiger partial charge in [-0.1, -0.05) is 29.3 Å². The predicted octanol–water partition coefficient (Wildman–Crippen LogP) is 5.68. The first-order chi connectivity index (χ1) is 13.9. The Hall–Kier alpha value is -1.47. The minimum atomic E-state index is -0.585. The highest BCUT2D eigenvalue weighted by atomic mass is 35.5. The molecule has 3 rings (SSSR count). The van der Waals surface area contributed by atoms with Gasteiger partial charge in [-0.25, -0.2) is 0 Å². The normalized spacial score (nSPS) is 18.5. The fourth-order valence-electron chi connectivity index (χ4n) is 3.87. The van der Waals surface area contributed by atoms with Crippen LogP contribution < -0.4 is 0 Å². The minimum Gasteiger partial charge on any atom is -0.469 e. The van der Waals surface area contributed by atoms with Crippen LogP contribution in [-0.2, 0) is 18.8 Å². The predicted molar refractivity (Wildman–Crippen MR) is 121 cm³/mol. The first kappa shape index (κ1) is 23.2. The molecule has 0 amide bonds. The Labute approximate surface area is 188 Å². The molecule has 2 aromatic rings. The van der Waals surface area contributed by atoms with Gasteiger partial charge in [-0.3, -0.25) is 4.79 Å². The Morgan fingerprint density at radius 1 is 1.17 bits per heavy atom. The van der Waals surface area contributed by atoms with Gasteiger partial charge in [0.25, 0.3) is 0 Å². The van der Waals surface area contributed by atoms with Crippen LogP contribution in [0, 0.1) is 13.8 Å². The zero-order valence-electron chi connectivity index (χ0n) is 18.5. The summed E-state index contributed by atoms with van der Waals surface area (Å²) < 4.78 is 19.6. The second-order valence-corrected chi connectivity index (χ2v) is 9.53. The largest absolute Gasteiger partial charge is 0.469 e. The molecular weight excluding hydrogens is 424 g/mol. The molecule has 0 bridgehead atoms. The number of halogens is 2. The molecule has 1 aliphatic rings. The van der Waals surface area contributed by atoms with E-state index in [0.717, 1.165) is 22.6 Å². The van der Waals surface area contributed by atoms with Gasteiger partial charge < -0.3 is 18.6 Å². The van der Waals surface area contributed by atoms with Crippen LogP contribution in [0.5, 0.6) is 0 Å². The number of aryl methyl sites for hydroxylation is 1. The lowest BCUT2D eigenvalue weighted by Crippen LogP contribution is -2.41. The number of carbonyl (C=O) groups excluding carboxylic acids is 1. The Kier molecular flexibility index (Phi) is 6.37. The van der Waals surface area contributed by atoms with E-state index in [2.05, 4.69) is 0 Å². The van der Waals surface area contributed by atoms with Crippen molar-refractivity contribution < 1.29 is 18.8 Å². The smallest absolute Gasteiger partial charge is 0.466 e. The maximum Gasteiger partial charge on any atom is 0.466 e. The summed E-state index contributed by atoms with van der Waals surface area (Å²) in [5.74, 6) is -0.656. The van der Waals surface area contributed by atoms with Gasteiger partial charge in [-0.05, 0) is 65.3 Å². The van der Waals surface area contributed by atoms with Gasteiger partial charge in [-0.15, -0.1) is 0 Å². The fourth-order valence-corrected chi connectivity index (χ4v) is 4.25. The van der Waals surface area contributed by atoms with Crippen molar-refractivity contribution in [2.75, 3.05) is 7.11 Å². The molecule has 1 fully saturated rings. The molecule has 0 spiro atoms. The summed E-state index contributed by atoms with van der Waals surface area (Å²) in [6, 6.07) is 7.59. The van der Waals surface area contributed by atoms with E-state index in [1.165, 1.54) is 7.11 Å². The van der Waals surface area contributed by atoms with E-state index in [-0.39, 0.29) is 18.2 Å². The number of rotatable bonds is 5. The maximum absolute atomic E-state index is 12.3. The van der Waals surface area contributed by atoms with Crippen LogP contribution in [0.2, 0.25) is 10.0 Å². The van der Waals surface area contributed by atoms with Gasteiger partial charge >= 0.3 is 13.1 Å². The molecule has 0 radical (unpaired) electrons. The fraction of sp³-hybridized carbons (Fsp3) is 0.500. The quantitative estimate of drug-likeness (QED) is 0.433. The van der Waals surface area contributed by atoms with Crippen LogP contribution in [0.25, 0.3) is 5.69 Å². The molecule has 5 nitrogen and oxygen atoms in total. The van der Waals surface area contributed by atoms with Crippen molar-refractivity contribution in [1.29, 1.82) is 0 Å². The van der Waals surface area contributed by atoms with E-state index >= 15 is 0 Å². The molecule has 0 N–H and O–H groups in total. The lowest BCUT2D eigenvalue weighted by Gasteiger charge is -2.32. The van der Waals surface area contributed by atoms with E-state index in [9.17, 15) is 4.79 Å². The first-order valence-electron chi connectivity index (χ1n) is 9.95. The van der Waals surface area contributed by atoms with Crippen molar-refractivity contribution >= 4 is 36.3 Å². The van der Waals surface area contributed by atoms with Crippen molar-refractivity contribution in [2.45, 2.75) is 65.0 Å². The molecule has 1 aliphatic heterocycles. The van der Waals surface area contributed by atoms with E-state index in [4.69, 9.17) is 37.2 Å². The average molecular weight is 452 g/mol. The Bertz CT molecular complexity index is 954. The van der Waals surface area contributed by atoms with Crippen molar-refractivity contribution in [3.63, 3.8) is 0 Å². The minimum absolute atomic E-state index is 0.140. The second-order valence-electron chi connectivity index (χ2n) is 8.75. The second kappa shape index (κ2) is 8.23. The van der Waals surface area contributed by atoms with Crippen LogP contribution in [0.15, 0.2) is 24.3 Å². The SMILES string of the molecule is COC(=O)CC(B1OC(C)(C)C(C)(C)O1)c1cc(C)n(-c2cccc(Cl)c2Cl)c1C. The average Bonchev–Trinajstić information content (AvgIpc) is 3.06. The summed E-state index contributed by atoms with van der Waals surface area (Å²) in [6.45, 7) is 12.0. The molecule has 162 valence electrons. The molecule has 2 heterocycles. The molecule has 1 saturated heterocycles. The standard InChI is InChI=1S/C22H28BCl2NO4/c1-13-11-15(14(2)26(13)18-10-8-9-17(24)20(18)25)16(12-19(27)28-7)23-29-21(3,4)22(5,6)30-23/h8-11,16H,12H2,1-7H3. The molecule has 1 atom stereocenters. The third-order valence-corrected chi connectivity index (χ3v) is 7.07. The van der Waals surface area contributed by atoms with Gasteiger partial charge in [-0.2, -0.15) is 0 Å². The van der Waals surface area contributed by atoms with Gasteiger partial charge in [0.15, 0.2) is 0 Å². The molecule has 1 aromatic heterocycles. The summed E-state index contributed by atoms with van der Waals surface area (Å²) in [5, 5.41) is 0.966. The number of ether oxygens (including phenoxy) is 1. The summed E-state index contributed by atoms with van der Waals surface area (Å²) in [4.78, 5) is 12.3. The Morgan fingerprint density at radius 3 is 2.33 bits per heavy atom. The van der Waals surface area contributed by atoms with E-state index in [0.29, 0.717) is 10.0 Å². The third-order valence-electron chi connectivity index (χ3n) is 6.26. The van der Waals surface area contributed by atoms with Crippen LogP contribution in [0.3, 0.4) is 0 Å². The number of esters is 1. The topological polar surface area (TPSA) is 49.7 Å². The number of methoxy groups -OCH3 is 1. The van der Waals surface area contributed by atoms with Crippen LogP contribution in [0.4, 0.5) is 0 Å². The highest BCUT2D eigenvalue weighted by Gasteiger charge is 2.54. The van der Waals surface area contributed by atoms with Crippen molar-refractivity contribution in [3.05, 3.63) is 51.3 Å². The summed E-state index contributed by atoms with van der Waals surface area (Å²) in [7, 11) is 0.802. The first-order valence-corrected chi connectivity index (χ1v) is 10.7. The number of hydrogen-bond donors (Lipinski definition) is 0. The highest BCUT2D eigenvalue weighted by Crippen LogP contribution is 2.43. The molecule has 30 heavy (non-hydrogen) atoms. The molecule has 1 aromatic carbocycles. The summed E-state index contributed by atoms with van der Waals surface area (Å²) in [5.41, 5.74) is 2.64. The summed E-state index contributed by atoms with van der Waals surface area (Å²) in [6.07, 6.45) is 0.140. The Balaban J connectivity index is 2.10. The van der Waals surface area contributed by atoms with Crippen molar-refractivity contribution in [3.8, 4) is 5.69 Å². The molecule has 8 heteroatoms.